The van der Waals surface area contributed by atoms with E-state index in [2.05, 4.69) is 22.9 Å². The summed E-state index contributed by atoms with van der Waals surface area (Å²) in [6.45, 7) is 3.07. The van der Waals surface area contributed by atoms with Crippen LogP contribution < -0.4 is 10.1 Å². The van der Waals surface area contributed by atoms with Gasteiger partial charge in [0.2, 0.25) is 0 Å². The molecule has 1 N–H and O–H groups in total. The van der Waals surface area contributed by atoms with Gasteiger partial charge in [-0.3, -0.25) is 4.79 Å². The maximum Gasteiger partial charge on any atom is 0.268 e. The van der Waals surface area contributed by atoms with Crippen LogP contribution >= 0.6 is 11.3 Å². The molecule has 0 aliphatic carbocycles. The molecule has 27 heavy (non-hydrogen) atoms. The summed E-state index contributed by atoms with van der Waals surface area (Å²) in [6, 6.07) is 15.7. The fourth-order valence-electron chi connectivity index (χ4n) is 3.11. The summed E-state index contributed by atoms with van der Waals surface area (Å²) >= 11 is 1.70. The first-order chi connectivity index (χ1) is 13.1. The number of furan rings is 1. The molecule has 4 rings (SSSR count). The zero-order valence-corrected chi connectivity index (χ0v) is 16.0. The highest BCUT2D eigenvalue weighted by molar-refractivity contribution is 7.19. The summed E-state index contributed by atoms with van der Waals surface area (Å²) in [7, 11) is 1.65. The number of amides is 1. The molecule has 6 heteroatoms. The van der Waals surface area contributed by atoms with Crippen molar-refractivity contribution in [2.24, 2.45) is 0 Å². The van der Waals surface area contributed by atoms with E-state index >= 15 is 0 Å². The van der Waals surface area contributed by atoms with Gasteiger partial charge >= 0.3 is 0 Å². The number of hydrogen-bond acceptors (Lipinski definition) is 4. The first-order valence-electron chi connectivity index (χ1n) is 8.67. The number of benzene rings is 1. The number of rotatable bonds is 6. The monoisotopic (exact) mass is 380 g/mol. The maximum atomic E-state index is 12.8. The third-order valence-corrected chi connectivity index (χ3v) is 5.44. The lowest BCUT2D eigenvalue weighted by Crippen LogP contribution is -2.25. The maximum absolute atomic E-state index is 12.8. The van der Waals surface area contributed by atoms with Crippen molar-refractivity contribution < 1.29 is 13.9 Å². The zero-order chi connectivity index (χ0) is 18.8. The van der Waals surface area contributed by atoms with E-state index in [-0.39, 0.29) is 5.91 Å². The van der Waals surface area contributed by atoms with E-state index in [1.165, 1.54) is 4.88 Å². The molecule has 0 spiro atoms. The van der Waals surface area contributed by atoms with Crippen molar-refractivity contribution >= 4 is 27.5 Å². The fraction of sp³-hybridized carbons (Fsp3) is 0.190. The van der Waals surface area contributed by atoms with Gasteiger partial charge in [-0.05, 0) is 48.9 Å². The number of fused-ring (bicyclic) bond motifs is 1. The second-order valence-electron chi connectivity index (χ2n) is 6.33. The van der Waals surface area contributed by atoms with E-state index in [1.807, 2.05) is 42.5 Å². The molecule has 4 aromatic rings. The van der Waals surface area contributed by atoms with Crippen LogP contribution in [0.5, 0.6) is 5.75 Å². The molecule has 0 fully saturated rings. The van der Waals surface area contributed by atoms with Gasteiger partial charge in [-0.1, -0.05) is 12.1 Å². The molecule has 138 valence electrons. The Morgan fingerprint density at radius 2 is 2.04 bits per heavy atom. The van der Waals surface area contributed by atoms with E-state index in [0.717, 1.165) is 27.3 Å². The van der Waals surface area contributed by atoms with Gasteiger partial charge in [0.15, 0.2) is 0 Å². The number of carbonyl (C=O) groups excluding carboxylic acids is 1. The van der Waals surface area contributed by atoms with Gasteiger partial charge in [-0.15, -0.1) is 11.3 Å². The van der Waals surface area contributed by atoms with Gasteiger partial charge in [-0.2, -0.15) is 0 Å². The van der Waals surface area contributed by atoms with Gasteiger partial charge in [0.1, 0.15) is 17.2 Å². The van der Waals surface area contributed by atoms with Crippen LogP contribution in [0.4, 0.5) is 0 Å². The molecule has 3 heterocycles. The minimum atomic E-state index is -0.110. The number of nitrogens with one attached hydrogen (secondary N) is 1. The molecular formula is C21H20N2O3S. The third kappa shape index (κ3) is 3.61. The number of carbonyl (C=O) groups is 1. The molecule has 0 unspecified atom stereocenters. The van der Waals surface area contributed by atoms with Gasteiger partial charge in [0, 0.05) is 11.4 Å². The predicted octanol–water partition coefficient (Wildman–Crippen LogP) is 4.59. The van der Waals surface area contributed by atoms with E-state index in [4.69, 9.17) is 9.15 Å². The van der Waals surface area contributed by atoms with Crippen LogP contribution in [-0.4, -0.2) is 17.6 Å². The lowest BCUT2D eigenvalue weighted by Gasteiger charge is -2.11. The number of aromatic nitrogens is 1. The average Bonchev–Trinajstić information content (AvgIpc) is 3.38. The zero-order valence-electron chi connectivity index (χ0n) is 15.2. The lowest BCUT2D eigenvalue weighted by atomic mass is 10.2. The number of methoxy groups -OCH3 is 1. The Balaban J connectivity index is 1.64. The Labute approximate surface area is 161 Å². The minimum Gasteiger partial charge on any atom is -0.497 e. The van der Waals surface area contributed by atoms with Crippen molar-refractivity contribution in [3.8, 4) is 5.75 Å². The fourth-order valence-corrected chi connectivity index (χ4v) is 4.07. The Morgan fingerprint density at radius 3 is 2.74 bits per heavy atom. The van der Waals surface area contributed by atoms with E-state index in [0.29, 0.717) is 18.8 Å². The van der Waals surface area contributed by atoms with Gasteiger partial charge < -0.3 is 19.0 Å². The first kappa shape index (κ1) is 17.4. The van der Waals surface area contributed by atoms with E-state index in [1.54, 1.807) is 24.7 Å². The predicted molar refractivity (Wildman–Crippen MR) is 107 cm³/mol. The normalized spacial score (nSPS) is 11.0. The molecule has 0 saturated heterocycles. The van der Waals surface area contributed by atoms with Crippen molar-refractivity contribution in [2.75, 3.05) is 7.11 Å². The molecular weight excluding hydrogens is 360 g/mol. The second kappa shape index (κ2) is 7.32. The second-order valence-corrected chi connectivity index (χ2v) is 7.62. The molecule has 5 nitrogen and oxygen atoms in total. The lowest BCUT2D eigenvalue weighted by molar-refractivity contribution is 0.0939. The number of aryl methyl sites for hydroxylation is 1. The van der Waals surface area contributed by atoms with Crippen molar-refractivity contribution in [2.45, 2.75) is 20.0 Å². The van der Waals surface area contributed by atoms with Crippen molar-refractivity contribution in [3.05, 3.63) is 76.7 Å². The van der Waals surface area contributed by atoms with E-state index < -0.39 is 0 Å². The standard InChI is InChI=1S/C21H20N2O3S/c1-14-10-18-20(27-14)11-19(21(24)22-12-17-4-3-9-26-17)23(18)13-15-5-7-16(25-2)8-6-15/h3-11H,12-13H2,1-2H3,(H,22,24). The highest BCUT2D eigenvalue weighted by Gasteiger charge is 2.18. The molecule has 1 aromatic carbocycles. The van der Waals surface area contributed by atoms with Crippen molar-refractivity contribution in [1.29, 1.82) is 0 Å². The Bertz CT molecular complexity index is 1060. The van der Waals surface area contributed by atoms with Gasteiger partial charge in [-0.25, -0.2) is 0 Å². The highest BCUT2D eigenvalue weighted by atomic mass is 32.1. The molecule has 1 amide bonds. The summed E-state index contributed by atoms with van der Waals surface area (Å²) in [4.78, 5) is 14.0. The highest BCUT2D eigenvalue weighted by Crippen LogP contribution is 2.29. The third-order valence-electron chi connectivity index (χ3n) is 4.45. The summed E-state index contributed by atoms with van der Waals surface area (Å²) in [6.07, 6.45) is 1.60. The topological polar surface area (TPSA) is 56.4 Å². The van der Waals surface area contributed by atoms with E-state index in [9.17, 15) is 4.79 Å². The molecule has 0 bridgehead atoms. The largest absolute Gasteiger partial charge is 0.497 e. The molecule has 0 aliphatic heterocycles. The smallest absolute Gasteiger partial charge is 0.268 e. The quantitative estimate of drug-likeness (QED) is 0.532. The number of hydrogen-bond donors (Lipinski definition) is 1. The summed E-state index contributed by atoms with van der Waals surface area (Å²) in [5, 5.41) is 2.94. The van der Waals surface area contributed by atoms with Gasteiger partial charge in [0.05, 0.1) is 30.1 Å². The Morgan fingerprint density at radius 1 is 1.22 bits per heavy atom. The molecule has 0 radical (unpaired) electrons. The van der Waals surface area contributed by atoms with Crippen LogP contribution in [-0.2, 0) is 13.1 Å². The van der Waals surface area contributed by atoms with Crippen LogP contribution in [0, 0.1) is 6.92 Å². The SMILES string of the molecule is COc1ccc(Cn2c(C(=O)NCc3ccco3)cc3sc(C)cc32)cc1. The minimum absolute atomic E-state index is 0.110. The molecule has 0 atom stereocenters. The average molecular weight is 380 g/mol. The van der Waals surface area contributed by atoms with Crippen molar-refractivity contribution in [1.82, 2.24) is 9.88 Å². The molecule has 3 aromatic heterocycles. The number of ether oxygens (including phenoxy) is 1. The van der Waals surface area contributed by atoms with Crippen LogP contribution in [0.25, 0.3) is 10.2 Å². The number of thiophene rings is 1. The number of nitrogens with zero attached hydrogens (tertiary/aromatic N) is 1. The van der Waals surface area contributed by atoms with Crippen molar-refractivity contribution in [3.63, 3.8) is 0 Å². The van der Waals surface area contributed by atoms with Gasteiger partial charge in [0.25, 0.3) is 5.91 Å². The van der Waals surface area contributed by atoms with Crippen LogP contribution in [0.3, 0.4) is 0 Å². The Hall–Kier alpha value is -2.99. The summed E-state index contributed by atoms with van der Waals surface area (Å²) in [5.74, 6) is 1.44. The van der Waals surface area contributed by atoms with Crippen LogP contribution in [0.2, 0.25) is 0 Å². The van der Waals surface area contributed by atoms with Crippen LogP contribution in [0.1, 0.15) is 26.7 Å². The first-order valence-corrected chi connectivity index (χ1v) is 9.49. The van der Waals surface area contributed by atoms with Crippen LogP contribution in [0.15, 0.2) is 59.2 Å². The molecule has 0 saturated carbocycles. The summed E-state index contributed by atoms with van der Waals surface area (Å²) in [5.41, 5.74) is 2.84. The summed E-state index contributed by atoms with van der Waals surface area (Å²) < 4.78 is 13.7. The Kier molecular flexibility index (Phi) is 4.73. The molecule has 0 aliphatic rings.